The molecule has 0 spiro atoms. The first-order chi connectivity index (χ1) is 6.27. The van der Waals surface area contributed by atoms with Crippen LogP contribution < -0.4 is 5.32 Å². The van der Waals surface area contributed by atoms with E-state index in [1.54, 1.807) is 0 Å². The van der Waals surface area contributed by atoms with E-state index in [1.807, 2.05) is 6.92 Å². The summed E-state index contributed by atoms with van der Waals surface area (Å²) in [6.07, 6.45) is 4.31. The van der Waals surface area contributed by atoms with Gasteiger partial charge < -0.3 is 10.1 Å². The molecule has 0 unspecified atom stereocenters. The standard InChI is InChI=1S/C10H17NO2.ClH/c1-2-13-9(12)10-5-3-8(4-6-10)11-7-10;/h8,11H,2-7H2,1H3;1H. The Balaban J connectivity index is 0.000000980. The lowest BCUT2D eigenvalue weighted by Crippen LogP contribution is -2.55. The van der Waals surface area contributed by atoms with Crippen molar-refractivity contribution in [1.82, 2.24) is 5.32 Å². The van der Waals surface area contributed by atoms with Crippen molar-refractivity contribution < 1.29 is 9.53 Å². The highest BCUT2D eigenvalue weighted by Gasteiger charge is 2.46. The summed E-state index contributed by atoms with van der Waals surface area (Å²) in [6, 6.07) is 0.663. The molecule has 14 heavy (non-hydrogen) atoms. The number of esters is 1. The fourth-order valence-corrected chi connectivity index (χ4v) is 2.45. The maximum Gasteiger partial charge on any atom is 0.313 e. The lowest BCUT2D eigenvalue weighted by Gasteiger charge is -2.44. The van der Waals surface area contributed by atoms with Gasteiger partial charge in [-0.05, 0) is 32.6 Å². The minimum Gasteiger partial charge on any atom is -0.466 e. The SMILES string of the molecule is CCOC(=O)C12CCC(CC1)NC2.Cl. The van der Waals surface area contributed by atoms with Crippen LogP contribution in [0.2, 0.25) is 0 Å². The van der Waals surface area contributed by atoms with E-state index >= 15 is 0 Å². The van der Waals surface area contributed by atoms with Crippen molar-refractivity contribution in [2.24, 2.45) is 5.41 Å². The van der Waals surface area contributed by atoms with E-state index < -0.39 is 0 Å². The van der Waals surface area contributed by atoms with Gasteiger partial charge in [0.1, 0.15) is 0 Å². The molecule has 3 nitrogen and oxygen atoms in total. The topological polar surface area (TPSA) is 38.3 Å². The first-order valence-electron chi connectivity index (χ1n) is 5.17. The molecule has 0 aromatic carbocycles. The Labute approximate surface area is 91.0 Å². The van der Waals surface area contributed by atoms with Gasteiger partial charge in [0.15, 0.2) is 0 Å². The predicted octanol–water partition coefficient (Wildman–Crippen LogP) is 1.50. The van der Waals surface area contributed by atoms with Gasteiger partial charge in [-0.1, -0.05) is 0 Å². The number of halogens is 1. The summed E-state index contributed by atoms with van der Waals surface area (Å²) in [5.74, 6) is 0.0145. The highest BCUT2D eigenvalue weighted by molar-refractivity contribution is 5.85. The van der Waals surface area contributed by atoms with Crippen molar-refractivity contribution in [1.29, 1.82) is 0 Å². The van der Waals surface area contributed by atoms with Crippen LogP contribution in [0.5, 0.6) is 0 Å². The van der Waals surface area contributed by atoms with Gasteiger partial charge in [0, 0.05) is 12.6 Å². The van der Waals surface area contributed by atoms with Gasteiger partial charge in [0.25, 0.3) is 0 Å². The van der Waals surface area contributed by atoms with Gasteiger partial charge in [0.2, 0.25) is 0 Å². The summed E-state index contributed by atoms with van der Waals surface area (Å²) in [4.78, 5) is 11.7. The van der Waals surface area contributed by atoms with Gasteiger partial charge in [0.05, 0.1) is 12.0 Å². The highest BCUT2D eigenvalue weighted by atomic mass is 35.5. The van der Waals surface area contributed by atoms with Crippen LogP contribution in [0.3, 0.4) is 0 Å². The molecule has 3 fully saturated rings. The normalized spacial score (nSPS) is 34.8. The Morgan fingerprint density at radius 3 is 2.57 bits per heavy atom. The smallest absolute Gasteiger partial charge is 0.313 e. The number of carbonyl (C=O) groups excluding carboxylic acids is 1. The highest BCUT2D eigenvalue weighted by Crippen LogP contribution is 2.41. The fourth-order valence-electron chi connectivity index (χ4n) is 2.45. The van der Waals surface area contributed by atoms with Gasteiger partial charge in [-0.3, -0.25) is 4.79 Å². The summed E-state index contributed by atoms with van der Waals surface area (Å²) < 4.78 is 5.12. The van der Waals surface area contributed by atoms with Crippen LogP contribution in [0.1, 0.15) is 32.6 Å². The van der Waals surface area contributed by atoms with Crippen LogP contribution in [0.4, 0.5) is 0 Å². The third-order valence-corrected chi connectivity index (χ3v) is 3.38. The molecule has 0 aromatic rings. The van der Waals surface area contributed by atoms with Crippen molar-refractivity contribution in [3.8, 4) is 0 Å². The van der Waals surface area contributed by atoms with Gasteiger partial charge in [-0.15, -0.1) is 12.4 Å². The van der Waals surface area contributed by atoms with E-state index in [9.17, 15) is 4.79 Å². The summed E-state index contributed by atoms with van der Waals surface area (Å²) in [5.41, 5.74) is -0.176. The van der Waals surface area contributed by atoms with Crippen LogP contribution in [-0.4, -0.2) is 25.2 Å². The van der Waals surface area contributed by atoms with Crippen LogP contribution in [0, 0.1) is 5.41 Å². The Hall–Kier alpha value is -0.280. The molecule has 3 aliphatic rings. The molecule has 1 N–H and O–H groups in total. The van der Waals surface area contributed by atoms with Crippen LogP contribution in [0.25, 0.3) is 0 Å². The van der Waals surface area contributed by atoms with Crippen molar-refractivity contribution in [3.05, 3.63) is 0 Å². The van der Waals surface area contributed by atoms with Crippen molar-refractivity contribution >= 4 is 18.4 Å². The second-order valence-electron chi connectivity index (χ2n) is 4.16. The van der Waals surface area contributed by atoms with Crippen molar-refractivity contribution in [2.45, 2.75) is 38.6 Å². The second-order valence-corrected chi connectivity index (χ2v) is 4.16. The molecule has 0 aromatic heterocycles. The summed E-state index contributed by atoms with van der Waals surface area (Å²) in [6.45, 7) is 3.21. The minimum atomic E-state index is -0.176. The van der Waals surface area contributed by atoms with Gasteiger partial charge in [-0.25, -0.2) is 0 Å². The molecule has 1 saturated carbocycles. The van der Waals surface area contributed by atoms with E-state index in [0.29, 0.717) is 12.6 Å². The quantitative estimate of drug-likeness (QED) is 0.716. The van der Waals surface area contributed by atoms with E-state index in [1.165, 1.54) is 0 Å². The number of ether oxygens (including phenoxy) is 1. The lowest BCUT2D eigenvalue weighted by molar-refractivity contribution is -0.160. The largest absolute Gasteiger partial charge is 0.466 e. The number of nitrogens with one attached hydrogen (secondary N) is 1. The lowest BCUT2D eigenvalue weighted by atomic mass is 9.69. The van der Waals surface area contributed by atoms with Crippen molar-refractivity contribution in [2.75, 3.05) is 13.2 Å². The summed E-state index contributed by atoms with van der Waals surface area (Å²) in [7, 11) is 0. The maximum absolute atomic E-state index is 11.7. The van der Waals surface area contributed by atoms with Crippen LogP contribution in [0.15, 0.2) is 0 Å². The zero-order valence-electron chi connectivity index (χ0n) is 8.54. The van der Waals surface area contributed by atoms with Crippen LogP contribution in [-0.2, 0) is 9.53 Å². The molecular weight excluding hydrogens is 202 g/mol. The van der Waals surface area contributed by atoms with E-state index in [-0.39, 0.29) is 23.8 Å². The average Bonchev–Trinajstić information content (AvgIpc) is 2.21. The maximum atomic E-state index is 11.7. The molecule has 82 valence electrons. The molecule has 2 bridgehead atoms. The first-order valence-corrected chi connectivity index (χ1v) is 5.17. The Morgan fingerprint density at radius 1 is 1.50 bits per heavy atom. The molecule has 0 amide bonds. The average molecular weight is 220 g/mol. The molecule has 1 aliphatic carbocycles. The first kappa shape index (κ1) is 11.8. The zero-order chi connectivity index (χ0) is 9.31. The molecule has 3 rings (SSSR count). The zero-order valence-corrected chi connectivity index (χ0v) is 9.36. The molecule has 2 heterocycles. The predicted molar refractivity (Wildman–Crippen MR) is 56.6 cm³/mol. The van der Waals surface area contributed by atoms with E-state index in [2.05, 4.69) is 5.32 Å². The monoisotopic (exact) mass is 219 g/mol. The molecule has 4 heteroatoms. The van der Waals surface area contributed by atoms with E-state index in [0.717, 1.165) is 32.2 Å². The van der Waals surface area contributed by atoms with Gasteiger partial charge >= 0.3 is 5.97 Å². The summed E-state index contributed by atoms with van der Waals surface area (Å²) in [5, 5.41) is 3.40. The Morgan fingerprint density at radius 2 is 2.14 bits per heavy atom. The third kappa shape index (κ3) is 1.89. The molecule has 2 aliphatic heterocycles. The van der Waals surface area contributed by atoms with Crippen molar-refractivity contribution in [3.63, 3.8) is 0 Å². The molecule has 0 radical (unpaired) electrons. The molecular formula is C10H18ClNO2. The Bertz CT molecular complexity index is 198. The number of hydrogen-bond acceptors (Lipinski definition) is 3. The number of carbonyl (C=O) groups is 1. The van der Waals surface area contributed by atoms with E-state index in [4.69, 9.17) is 4.74 Å². The number of piperidine rings is 2. The molecule has 0 atom stereocenters. The van der Waals surface area contributed by atoms with Crippen LogP contribution >= 0.6 is 12.4 Å². The number of rotatable bonds is 2. The Kier molecular flexibility index (Phi) is 3.78. The molecule has 2 saturated heterocycles. The third-order valence-electron chi connectivity index (χ3n) is 3.38. The minimum absolute atomic E-state index is 0. The van der Waals surface area contributed by atoms with Gasteiger partial charge in [-0.2, -0.15) is 0 Å². The fraction of sp³-hybridized carbons (Fsp3) is 0.900. The number of fused-ring (bicyclic) bond motifs is 3. The second kappa shape index (κ2) is 4.49. The summed E-state index contributed by atoms with van der Waals surface area (Å²) >= 11 is 0. The number of hydrogen-bond donors (Lipinski definition) is 1.